The number of ether oxygens (including phenoxy) is 1. The molecule has 3 aromatic rings. The Morgan fingerprint density at radius 1 is 0.927 bits per heavy atom. The van der Waals surface area contributed by atoms with Gasteiger partial charge in [-0.25, -0.2) is 9.78 Å². The first-order chi connectivity index (χ1) is 19.9. The van der Waals surface area contributed by atoms with Gasteiger partial charge >= 0.3 is 12.0 Å². The number of para-hydroxylation sites is 1. The molecule has 0 aliphatic carbocycles. The van der Waals surface area contributed by atoms with Gasteiger partial charge in [0.05, 0.1) is 18.7 Å². The Balaban J connectivity index is 1.37. The molecule has 1 N–H and O–H groups in total. The summed E-state index contributed by atoms with van der Waals surface area (Å²) < 4.78 is 5.69. The number of esters is 1. The molecule has 2 aromatic carbocycles. The Hall–Kier alpha value is -4.44. The molecule has 3 aliphatic heterocycles. The van der Waals surface area contributed by atoms with Crippen molar-refractivity contribution in [2.75, 3.05) is 59.8 Å². The number of aryl methyl sites for hydroxylation is 2. The van der Waals surface area contributed by atoms with Crippen LogP contribution in [0.15, 0.2) is 54.7 Å². The van der Waals surface area contributed by atoms with E-state index < -0.39 is 0 Å². The summed E-state index contributed by atoms with van der Waals surface area (Å²) >= 11 is 0. The molecule has 41 heavy (non-hydrogen) atoms. The van der Waals surface area contributed by atoms with E-state index in [1.807, 2.05) is 50.3 Å². The van der Waals surface area contributed by atoms with Gasteiger partial charge in [-0.2, -0.15) is 4.98 Å². The summed E-state index contributed by atoms with van der Waals surface area (Å²) in [5.74, 6) is 0.643. The SMILES string of the molecule is Cc1cccc(C)c1N1Cc2cnc3nc2N(C/C=C/CC(=O)OCc2cc(ccc2N2CCN(C)CC2)N3)C1=O. The number of rotatable bonds is 2. The quantitative estimate of drug-likeness (QED) is 0.365. The molecule has 2 amide bonds. The minimum absolute atomic E-state index is 0.117. The molecular weight excluding hydrogens is 518 g/mol. The number of benzene rings is 2. The molecule has 4 heterocycles. The lowest BCUT2D eigenvalue weighted by molar-refractivity contribution is -0.143. The van der Waals surface area contributed by atoms with Crippen molar-refractivity contribution in [3.05, 3.63) is 77.0 Å². The first-order valence-corrected chi connectivity index (χ1v) is 14.0. The van der Waals surface area contributed by atoms with Crippen LogP contribution in [-0.2, 0) is 22.7 Å². The highest BCUT2D eigenvalue weighted by Crippen LogP contribution is 2.35. The van der Waals surface area contributed by atoms with Gasteiger partial charge in [0.1, 0.15) is 12.4 Å². The summed E-state index contributed by atoms with van der Waals surface area (Å²) in [6, 6.07) is 11.9. The molecule has 1 fully saturated rings. The zero-order valence-corrected chi connectivity index (χ0v) is 23.8. The van der Waals surface area contributed by atoms with Crippen LogP contribution in [0.2, 0.25) is 0 Å². The lowest BCUT2D eigenvalue weighted by Crippen LogP contribution is -2.48. The molecule has 10 nitrogen and oxygen atoms in total. The number of cyclic esters (lactones) is 1. The summed E-state index contributed by atoms with van der Waals surface area (Å²) in [5.41, 5.74) is 6.55. The number of hydrogen-bond acceptors (Lipinski definition) is 8. The number of carbonyl (C=O) groups is 2. The number of carbonyl (C=O) groups excluding carboxylic acids is 2. The summed E-state index contributed by atoms with van der Waals surface area (Å²) in [6.07, 6.45) is 5.48. The summed E-state index contributed by atoms with van der Waals surface area (Å²) in [7, 11) is 2.13. The van der Waals surface area contributed by atoms with E-state index in [-0.39, 0.29) is 31.6 Å². The summed E-state index contributed by atoms with van der Waals surface area (Å²) in [5, 5.41) is 3.31. The first-order valence-electron chi connectivity index (χ1n) is 14.0. The number of hydrogen-bond donors (Lipinski definition) is 1. The zero-order chi connectivity index (χ0) is 28.5. The van der Waals surface area contributed by atoms with Crippen molar-refractivity contribution in [3.8, 4) is 0 Å². The fourth-order valence-electron chi connectivity index (χ4n) is 5.69. The molecule has 6 rings (SSSR count). The molecule has 0 spiro atoms. The Morgan fingerprint density at radius 3 is 2.49 bits per heavy atom. The van der Waals surface area contributed by atoms with Crippen LogP contribution in [-0.4, -0.2) is 66.6 Å². The minimum atomic E-state index is -0.318. The van der Waals surface area contributed by atoms with Gasteiger partial charge in [-0.15, -0.1) is 0 Å². The number of anilines is 5. The van der Waals surface area contributed by atoms with Crippen LogP contribution < -0.4 is 20.0 Å². The number of nitrogens with one attached hydrogen (secondary N) is 1. The van der Waals surface area contributed by atoms with E-state index in [1.165, 1.54) is 0 Å². The van der Waals surface area contributed by atoms with Crippen molar-refractivity contribution in [3.63, 3.8) is 0 Å². The number of aromatic nitrogens is 2. The third-order valence-electron chi connectivity index (χ3n) is 7.90. The third kappa shape index (κ3) is 5.47. The van der Waals surface area contributed by atoms with Crippen LogP contribution in [0.5, 0.6) is 0 Å². The standard InChI is InChI=1S/C31H35N7O3/c1-21-7-6-8-22(2)28(21)38-19-24-18-32-30-33-25-10-11-26(36-15-13-35(3)14-16-36)23(17-25)20-41-27(39)9-4-5-12-37(31(38)40)29(24)34-30/h4-8,10-11,17-18H,9,12-16,19-20H2,1-3H3,(H,32,33,34)/b5-4+. The van der Waals surface area contributed by atoms with E-state index in [0.717, 1.165) is 65.5 Å². The van der Waals surface area contributed by atoms with Crippen molar-refractivity contribution >= 4 is 40.8 Å². The van der Waals surface area contributed by atoms with Crippen molar-refractivity contribution < 1.29 is 14.3 Å². The normalized spacial score (nSPS) is 18.8. The highest BCUT2D eigenvalue weighted by atomic mass is 16.5. The maximum atomic E-state index is 13.9. The van der Waals surface area contributed by atoms with Gasteiger partial charge in [-0.05, 0) is 50.2 Å². The highest BCUT2D eigenvalue weighted by Gasteiger charge is 2.34. The minimum Gasteiger partial charge on any atom is -0.460 e. The summed E-state index contributed by atoms with van der Waals surface area (Å²) in [6.45, 7) is 8.59. The molecule has 0 radical (unpaired) electrons. The van der Waals surface area contributed by atoms with Gasteiger partial charge in [-0.1, -0.05) is 30.4 Å². The Morgan fingerprint density at radius 2 is 1.71 bits per heavy atom. The van der Waals surface area contributed by atoms with Crippen LogP contribution in [0.25, 0.3) is 0 Å². The van der Waals surface area contributed by atoms with Gasteiger partial charge in [0.2, 0.25) is 5.95 Å². The van der Waals surface area contributed by atoms with Gasteiger partial charge in [0.15, 0.2) is 0 Å². The van der Waals surface area contributed by atoms with Crippen LogP contribution in [0.4, 0.5) is 33.6 Å². The smallest absolute Gasteiger partial charge is 0.330 e. The Bertz CT molecular complexity index is 1490. The summed E-state index contributed by atoms with van der Waals surface area (Å²) in [4.78, 5) is 44.1. The van der Waals surface area contributed by atoms with E-state index in [2.05, 4.69) is 33.2 Å². The largest absolute Gasteiger partial charge is 0.460 e. The van der Waals surface area contributed by atoms with Crippen molar-refractivity contribution in [1.82, 2.24) is 14.9 Å². The molecule has 4 bridgehead atoms. The predicted octanol–water partition coefficient (Wildman–Crippen LogP) is 4.54. The topological polar surface area (TPSA) is 94.1 Å². The van der Waals surface area contributed by atoms with Crippen LogP contribution in [0.1, 0.15) is 28.7 Å². The highest BCUT2D eigenvalue weighted by molar-refractivity contribution is 6.06. The number of piperazine rings is 1. The van der Waals surface area contributed by atoms with Crippen molar-refractivity contribution in [1.29, 1.82) is 0 Å². The Kier molecular flexibility index (Phi) is 7.32. The Labute approximate surface area is 240 Å². The third-order valence-corrected chi connectivity index (χ3v) is 7.90. The van der Waals surface area contributed by atoms with E-state index in [1.54, 1.807) is 22.1 Å². The van der Waals surface area contributed by atoms with Crippen LogP contribution >= 0.6 is 0 Å². The molecule has 0 saturated carbocycles. The molecule has 212 valence electrons. The van der Waals surface area contributed by atoms with Gasteiger partial charge < -0.3 is 19.9 Å². The van der Waals surface area contributed by atoms with E-state index in [0.29, 0.717) is 18.3 Å². The first kappa shape index (κ1) is 26.8. The fourth-order valence-corrected chi connectivity index (χ4v) is 5.69. The number of urea groups is 1. The van der Waals surface area contributed by atoms with Gasteiger partial charge in [-0.3, -0.25) is 14.6 Å². The monoisotopic (exact) mass is 553 g/mol. The number of likely N-dealkylation sites (N-methyl/N-ethyl adjacent to an activating group) is 1. The molecule has 1 saturated heterocycles. The lowest BCUT2D eigenvalue weighted by Gasteiger charge is -2.37. The maximum absolute atomic E-state index is 13.9. The predicted molar refractivity (Wildman–Crippen MR) is 160 cm³/mol. The molecule has 3 aliphatic rings. The molecular formula is C31H35N7O3. The molecule has 1 aromatic heterocycles. The second-order valence-electron chi connectivity index (χ2n) is 10.9. The second kappa shape index (κ2) is 11.2. The number of nitrogens with zero attached hydrogens (tertiary/aromatic N) is 6. The molecule has 10 heteroatoms. The molecule has 0 atom stereocenters. The average Bonchev–Trinajstić information content (AvgIpc) is 2.96. The number of fused-ring (bicyclic) bond motifs is 3. The van der Waals surface area contributed by atoms with Crippen molar-refractivity contribution in [2.45, 2.75) is 33.4 Å². The fraction of sp³-hybridized carbons (Fsp3) is 0.355. The maximum Gasteiger partial charge on any atom is 0.330 e. The zero-order valence-electron chi connectivity index (χ0n) is 23.8. The van der Waals surface area contributed by atoms with Crippen LogP contribution in [0.3, 0.4) is 0 Å². The van der Waals surface area contributed by atoms with E-state index in [4.69, 9.17) is 9.72 Å². The van der Waals surface area contributed by atoms with Crippen molar-refractivity contribution in [2.24, 2.45) is 0 Å². The lowest BCUT2D eigenvalue weighted by atomic mass is 10.1. The average molecular weight is 554 g/mol. The molecule has 0 unspecified atom stereocenters. The van der Waals surface area contributed by atoms with Gasteiger partial charge in [0, 0.05) is 61.4 Å². The second-order valence-corrected chi connectivity index (χ2v) is 10.9. The van der Waals surface area contributed by atoms with Gasteiger partial charge in [0.25, 0.3) is 0 Å². The van der Waals surface area contributed by atoms with E-state index >= 15 is 0 Å². The number of amides is 2. The van der Waals surface area contributed by atoms with E-state index in [9.17, 15) is 9.59 Å². The van der Waals surface area contributed by atoms with Crippen LogP contribution in [0, 0.1) is 13.8 Å².